The van der Waals surface area contributed by atoms with Gasteiger partial charge in [-0.15, -0.1) is 0 Å². The lowest BCUT2D eigenvalue weighted by molar-refractivity contribution is -0.125. The lowest BCUT2D eigenvalue weighted by Gasteiger charge is -2.21. The van der Waals surface area contributed by atoms with Crippen LogP contribution < -0.4 is 15.4 Å². The molecule has 0 atom stereocenters. The highest BCUT2D eigenvalue weighted by atomic mass is 35.5. The average molecular weight is 284 g/mol. The lowest BCUT2D eigenvalue weighted by Crippen LogP contribution is -2.39. The third-order valence-electron chi connectivity index (χ3n) is 3.07. The normalized spacial score (nSPS) is 16.1. The molecule has 1 fully saturated rings. The van der Waals surface area contributed by atoms with Crippen LogP contribution in [0.1, 0.15) is 12.8 Å². The fraction of sp³-hybridized carbons (Fsp3) is 0.538. The van der Waals surface area contributed by atoms with E-state index in [2.05, 4.69) is 15.6 Å². The van der Waals surface area contributed by atoms with Gasteiger partial charge in [0.2, 0.25) is 11.8 Å². The van der Waals surface area contributed by atoms with E-state index in [4.69, 9.17) is 16.3 Å². The van der Waals surface area contributed by atoms with Gasteiger partial charge in [0.15, 0.2) is 0 Å². The molecule has 1 amide bonds. The van der Waals surface area contributed by atoms with E-state index in [0.29, 0.717) is 24.1 Å². The summed E-state index contributed by atoms with van der Waals surface area (Å²) in [4.78, 5) is 15.8. The number of carbonyl (C=O) groups is 1. The van der Waals surface area contributed by atoms with E-state index in [0.717, 1.165) is 25.9 Å². The van der Waals surface area contributed by atoms with Crippen molar-refractivity contribution in [3.8, 4) is 5.88 Å². The quantitative estimate of drug-likeness (QED) is 0.798. The van der Waals surface area contributed by atoms with Crippen LogP contribution in [0.15, 0.2) is 18.3 Å². The van der Waals surface area contributed by atoms with Crippen LogP contribution in [0.25, 0.3) is 0 Å². The minimum absolute atomic E-state index is 0.109. The summed E-state index contributed by atoms with van der Waals surface area (Å²) in [6.07, 6.45) is 3.42. The summed E-state index contributed by atoms with van der Waals surface area (Å²) in [6.45, 7) is 2.67. The summed E-state index contributed by atoms with van der Waals surface area (Å²) in [5.41, 5.74) is 0. The highest BCUT2D eigenvalue weighted by Gasteiger charge is 2.20. The maximum Gasteiger partial charge on any atom is 0.232 e. The number of pyridine rings is 1. The Bertz CT molecular complexity index is 422. The summed E-state index contributed by atoms with van der Waals surface area (Å²) in [5, 5.41) is 6.60. The largest absolute Gasteiger partial charge is 0.475 e. The second-order valence-electron chi connectivity index (χ2n) is 4.45. The average Bonchev–Trinajstić information content (AvgIpc) is 2.46. The van der Waals surface area contributed by atoms with Crippen LogP contribution >= 0.6 is 11.6 Å². The first-order valence-electron chi connectivity index (χ1n) is 6.49. The molecule has 2 heterocycles. The molecule has 2 rings (SSSR count). The van der Waals surface area contributed by atoms with Crippen molar-refractivity contribution in [2.24, 2.45) is 5.92 Å². The molecule has 1 saturated heterocycles. The molecule has 0 unspecified atom stereocenters. The fourth-order valence-electron chi connectivity index (χ4n) is 2.03. The van der Waals surface area contributed by atoms with Crippen LogP contribution in [0.3, 0.4) is 0 Å². The van der Waals surface area contributed by atoms with Gasteiger partial charge in [-0.2, -0.15) is 0 Å². The third kappa shape index (κ3) is 4.36. The highest BCUT2D eigenvalue weighted by Crippen LogP contribution is 2.19. The summed E-state index contributed by atoms with van der Waals surface area (Å²) in [6, 6.07) is 3.46. The van der Waals surface area contributed by atoms with Crippen molar-refractivity contribution >= 4 is 17.5 Å². The van der Waals surface area contributed by atoms with Gasteiger partial charge in [-0.05, 0) is 38.1 Å². The SMILES string of the molecule is O=C(NCCOc1ncccc1Cl)C1CCNCC1. The zero-order valence-electron chi connectivity index (χ0n) is 10.7. The molecule has 0 aliphatic carbocycles. The van der Waals surface area contributed by atoms with E-state index in [9.17, 15) is 4.79 Å². The van der Waals surface area contributed by atoms with Crippen LogP contribution in [0.4, 0.5) is 0 Å². The molecule has 0 saturated carbocycles. The van der Waals surface area contributed by atoms with Crippen molar-refractivity contribution in [2.45, 2.75) is 12.8 Å². The number of nitrogens with zero attached hydrogens (tertiary/aromatic N) is 1. The van der Waals surface area contributed by atoms with Crippen molar-refractivity contribution in [1.29, 1.82) is 0 Å². The zero-order valence-corrected chi connectivity index (χ0v) is 11.4. The van der Waals surface area contributed by atoms with Gasteiger partial charge in [-0.1, -0.05) is 11.6 Å². The smallest absolute Gasteiger partial charge is 0.232 e. The molecule has 0 spiro atoms. The summed E-state index contributed by atoms with van der Waals surface area (Å²) in [7, 11) is 0. The number of halogens is 1. The van der Waals surface area contributed by atoms with Crippen molar-refractivity contribution in [3.63, 3.8) is 0 Å². The van der Waals surface area contributed by atoms with Crippen molar-refractivity contribution in [3.05, 3.63) is 23.4 Å². The first-order chi connectivity index (χ1) is 9.27. The van der Waals surface area contributed by atoms with E-state index in [1.54, 1.807) is 18.3 Å². The van der Waals surface area contributed by atoms with Crippen molar-refractivity contribution in [2.75, 3.05) is 26.2 Å². The standard InChI is InChI=1S/C13H18ClN3O2/c14-11-2-1-5-17-13(11)19-9-8-16-12(18)10-3-6-15-7-4-10/h1-2,5,10,15H,3-4,6-9H2,(H,16,18). The number of aromatic nitrogens is 1. The number of nitrogens with one attached hydrogen (secondary N) is 2. The zero-order chi connectivity index (χ0) is 13.5. The molecule has 104 valence electrons. The molecular formula is C13H18ClN3O2. The monoisotopic (exact) mass is 283 g/mol. The maximum atomic E-state index is 11.8. The Morgan fingerprint density at radius 2 is 2.32 bits per heavy atom. The second kappa shape index (κ2) is 7.31. The van der Waals surface area contributed by atoms with Gasteiger partial charge in [-0.25, -0.2) is 4.98 Å². The van der Waals surface area contributed by atoms with Gasteiger partial charge >= 0.3 is 0 Å². The van der Waals surface area contributed by atoms with Gasteiger partial charge in [0.05, 0.1) is 6.54 Å². The van der Waals surface area contributed by atoms with Crippen LogP contribution in [-0.2, 0) is 4.79 Å². The summed E-state index contributed by atoms with van der Waals surface area (Å²) < 4.78 is 5.40. The molecule has 1 aromatic heterocycles. The molecule has 0 aromatic carbocycles. The van der Waals surface area contributed by atoms with Crippen LogP contribution in [0.2, 0.25) is 5.02 Å². The van der Waals surface area contributed by atoms with Crippen LogP contribution in [0, 0.1) is 5.92 Å². The lowest BCUT2D eigenvalue weighted by atomic mass is 9.97. The predicted molar refractivity (Wildman–Crippen MR) is 73.3 cm³/mol. The minimum Gasteiger partial charge on any atom is -0.475 e. The fourth-order valence-corrected chi connectivity index (χ4v) is 2.20. The first kappa shape index (κ1) is 14.1. The second-order valence-corrected chi connectivity index (χ2v) is 4.86. The van der Waals surface area contributed by atoms with E-state index in [1.165, 1.54) is 0 Å². The number of piperidine rings is 1. The number of carbonyl (C=O) groups excluding carboxylic acids is 1. The molecule has 0 radical (unpaired) electrons. The van der Waals surface area contributed by atoms with E-state index in [1.807, 2.05) is 0 Å². The number of hydrogen-bond donors (Lipinski definition) is 2. The molecule has 0 bridgehead atoms. The van der Waals surface area contributed by atoms with E-state index >= 15 is 0 Å². The Hall–Kier alpha value is -1.33. The molecular weight excluding hydrogens is 266 g/mol. The third-order valence-corrected chi connectivity index (χ3v) is 3.36. The Balaban J connectivity index is 1.66. The molecule has 1 aromatic rings. The van der Waals surface area contributed by atoms with Gasteiger partial charge in [0.1, 0.15) is 11.6 Å². The first-order valence-corrected chi connectivity index (χ1v) is 6.87. The predicted octanol–water partition coefficient (Wildman–Crippen LogP) is 1.23. The number of hydrogen-bond acceptors (Lipinski definition) is 4. The van der Waals surface area contributed by atoms with Crippen LogP contribution in [0.5, 0.6) is 5.88 Å². The van der Waals surface area contributed by atoms with Gasteiger partial charge < -0.3 is 15.4 Å². The molecule has 5 nitrogen and oxygen atoms in total. The highest BCUT2D eigenvalue weighted by molar-refractivity contribution is 6.31. The molecule has 1 aliphatic heterocycles. The Labute approximate surface area is 117 Å². The maximum absolute atomic E-state index is 11.8. The Kier molecular flexibility index (Phi) is 5.42. The Morgan fingerprint density at radius 3 is 3.05 bits per heavy atom. The molecule has 1 aliphatic rings. The van der Waals surface area contributed by atoms with Gasteiger partial charge in [-0.3, -0.25) is 4.79 Å². The van der Waals surface area contributed by atoms with Crippen molar-refractivity contribution < 1.29 is 9.53 Å². The number of ether oxygens (including phenoxy) is 1. The van der Waals surface area contributed by atoms with E-state index in [-0.39, 0.29) is 11.8 Å². The topological polar surface area (TPSA) is 63.2 Å². The van der Waals surface area contributed by atoms with E-state index < -0.39 is 0 Å². The number of rotatable bonds is 5. The van der Waals surface area contributed by atoms with Gasteiger partial charge in [0, 0.05) is 12.1 Å². The van der Waals surface area contributed by atoms with Crippen LogP contribution in [-0.4, -0.2) is 37.1 Å². The summed E-state index contributed by atoms with van der Waals surface area (Å²) in [5.74, 6) is 0.636. The molecule has 6 heteroatoms. The number of amides is 1. The molecule has 2 N–H and O–H groups in total. The molecule has 19 heavy (non-hydrogen) atoms. The van der Waals surface area contributed by atoms with Crippen molar-refractivity contribution in [1.82, 2.24) is 15.6 Å². The Morgan fingerprint density at radius 1 is 1.53 bits per heavy atom. The van der Waals surface area contributed by atoms with Gasteiger partial charge in [0.25, 0.3) is 0 Å². The minimum atomic E-state index is 0.109. The summed E-state index contributed by atoms with van der Waals surface area (Å²) >= 11 is 5.91.